The molecule has 3 nitrogen and oxygen atoms in total. The van der Waals surface area contributed by atoms with Crippen LogP contribution in [0, 0.1) is 5.92 Å². The molecule has 0 amide bonds. The number of hydrogen-bond acceptors (Lipinski definition) is 3. The quantitative estimate of drug-likeness (QED) is 0.368. The molecule has 0 fully saturated rings. The molecular weight excluding hydrogens is 431 g/mol. The summed E-state index contributed by atoms with van der Waals surface area (Å²) in [7, 11) is 0. The molecule has 0 spiro atoms. The summed E-state index contributed by atoms with van der Waals surface area (Å²) in [6.45, 7) is 5.04. The number of benzene rings is 1. The van der Waals surface area contributed by atoms with E-state index in [0.717, 1.165) is 24.5 Å². The van der Waals surface area contributed by atoms with Crippen LogP contribution >= 0.6 is 11.3 Å². The second-order valence-corrected chi connectivity index (χ2v) is 9.34. The van der Waals surface area contributed by atoms with Gasteiger partial charge in [-0.15, -0.1) is 11.3 Å². The average Bonchev–Trinajstić information content (AvgIpc) is 3.42. The van der Waals surface area contributed by atoms with E-state index in [9.17, 15) is 13.2 Å². The first-order chi connectivity index (χ1) is 15.4. The Morgan fingerprint density at radius 1 is 1.19 bits per heavy atom. The van der Waals surface area contributed by atoms with Crippen LogP contribution in [0.4, 0.5) is 13.2 Å². The Morgan fingerprint density at radius 2 is 2.00 bits per heavy atom. The number of alkyl halides is 3. The Morgan fingerprint density at radius 3 is 2.72 bits per heavy atom. The molecule has 4 rings (SSSR count). The molecule has 1 unspecified atom stereocenters. The zero-order chi connectivity index (χ0) is 22.7. The number of aromatic nitrogens is 2. The van der Waals surface area contributed by atoms with Crippen LogP contribution < -0.4 is 5.32 Å². The van der Waals surface area contributed by atoms with Crippen LogP contribution in [0.1, 0.15) is 61.4 Å². The maximum Gasteiger partial charge on any atom is 0.435 e. The highest BCUT2D eigenvalue weighted by molar-refractivity contribution is 7.20. The van der Waals surface area contributed by atoms with Crippen molar-refractivity contribution >= 4 is 32.7 Å². The van der Waals surface area contributed by atoms with Crippen molar-refractivity contribution in [2.75, 3.05) is 6.54 Å². The van der Waals surface area contributed by atoms with E-state index in [-0.39, 0.29) is 0 Å². The van der Waals surface area contributed by atoms with Crippen LogP contribution in [0.5, 0.6) is 0 Å². The van der Waals surface area contributed by atoms with Gasteiger partial charge in [0.05, 0.1) is 11.4 Å². The lowest BCUT2D eigenvalue weighted by Crippen LogP contribution is -2.16. The van der Waals surface area contributed by atoms with Gasteiger partial charge in [-0.05, 0) is 47.1 Å². The van der Waals surface area contributed by atoms with Gasteiger partial charge in [-0.3, -0.25) is 5.10 Å². The Labute approximate surface area is 190 Å². The molecule has 0 saturated carbocycles. The lowest BCUT2D eigenvalue weighted by molar-refractivity contribution is -0.141. The number of rotatable bonds is 8. The molecule has 0 bridgehead atoms. The van der Waals surface area contributed by atoms with Gasteiger partial charge in [0, 0.05) is 16.1 Å². The van der Waals surface area contributed by atoms with Gasteiger partial charge in [0.15, 0.2) is 5.69 Å². The molecule has 3 heterocycles. The zero-order valence-corrected chi connectivity index (χ0v) is 19.2. The fourth-order valence-electron chi connectivity index (χ4n) is 4.24. The predicted octanol–water partition coefficient (Wildman–Crippen LogP) is 7.43. The third kappa shape index (κ3) is 4.77. The summed E-state index contributed by atoms with van der Waals surface area (Å²) < 4.78 is 40.2. The molecule has 2 N–H and O–H groups in total. The Hall–Kier alpha value is -2.54. The van der Waals surface area contributed by atoms with Crippen molar-refractivity contribution in [1.29, 1.82) is 0 Å². The van der Waals surface area contributed by atoms with Crippen LogP contribution in [0.25, 0.3) is 21.4 Å². The second kappa shape index (κ2) is 9.53. The van der Waals surface area contributed by atoms with Crippen LogP contribution in [0.2, 0.25) is 0 Å². The first-order valence-corrected chi connectivity index (χ1v) is 12.0. The molecule has 0 aliphatic carbocycles. The second-order valence-electron chi connectivity index (χ2n) is 8.29. The zero-order valence-electron chi connectivity index (χ0n) is 18.4. The molecule has 1 atom stereocenters. The summed E-state index contributed by atoms with van der Waals surface area (Å²) in [6.07, 6.45) is 5.40. The van der Waals surface area contributed by atoms with Gasteiger partial charge in [0.1, 0.15) is 0 Å². The largest absolute Gasteiger partial charge is 0.435 e. The molecule has 1 aliphatic heterocycles. The Bertz CT molecular complexity index is 1140. The van der Waals surface area contributed by atoms with E-state index in [2.05, 4.69) is 59.7 Å². The topological polar surface area (TPSA) is 40.7 Å². The average molecular weight is 460 g/mol. The first-order valence-electron chi connectivity index (χ1n) is 11.2. The van der Waals surface area contributed by atoms with Gasteiger partial charge >= 0.3 is 6.18 Å². The van der Waals surface area contributed by atoms with E-state index in [1.807, 2.05) is 6.08 Å². The summed E-state index contributed by atoms with van der Waals surface area (Å²) in [5.74, 6) is 0.624. The number of hydrogen-bond donors (Lipinski definition) is 2. The summed E-state index contributed by atoms with van der Waals surface area (Å²) in [4.78, 5) is 1.22. The van der Waals surface area contributed by atoms with Crippen LogP contribution in [-0.2, 0) is 12.6 Å². The van der Waals surface area contributed by atoms with Crippen molar-refractivity contribution < 1.29 is 13.2 Å². The van der Waals surface area contributed by atoms with Gasteiger partial charge in [0.25, 0.3) is 0 Å². The number of H-pyrrole nitrogens is 1. The Balaban J connectivity index is 1.71. The number of nitrogens with one attached hydrogen (secondary N) is 2. The number of nitrogens with zero attached hydrogens (tertiary/aromatic N) is 1. The maximum absolute atomic E-state index is 13.0. The SMILES string of the molecule is CCCCC(CC)Cc1c(C2=CCNC(c3cc(C(F)(F)F)n[nH]3)=C2)sc2ccccc12. The number of aromatic amines is 1. The lowest BCUT2D eigenvalue weighted by atomic mass is 9.89. The molecule has 0 saturated heterocycles. The number of allylic oxidation sites excluding steroid dienone is 2. The highest BCUT2D eigenvalue weighted by atomic mass is 32.1. The van der Waals surface area contributed by atoms with Crippen LogP contribution in [-0.4, -0.2) is 16.7 Å². The maximum atomic E-state index is 13.0. The van der Waals surface area contributed by atoms with Crippen LogP contribution in [0.15, 0.2) is 42.5 Å². The van der Waals surface area contributed by atoms with Crippen molar-refractivity contribution in [1.82, 2.24) is 15.5 Å². The standard InChI is InChI=1S/C25H28F3N3S/c1-3-5-8-16(4-2)13-19-18-9-6-7-10-22(18)32-24(19)17-11-12-29-20(14-17)21-15-23(31-30-21)25(26,27)28/h6-7,9-11,14-16,29H,3-5,8,12-13H2,1-2H3,(H,30,31). The van der Waals surface area contributed by atoms with Crippen molar-refractivity contribution in [3.63, 3.8) is 0 Å². The van der Waals surface area contributed by atoms with Crippen LogP contribution in [0.3, 0.4) is 0 Å². The molecule has 1 aliphatic rings. The summed E-state index contributed by atoms with van der Waals surface area (Å²) >= 11 is 1.77. The summed E-state index contributed by atoms with van der Waals surface area (Å²) in [5.41, 5.74) is 2.49. The number of fused-ring (bicyclic) bond motifs is 1. The molecular formula is C25H28F3N3S. The fraction of sp³-hybridized carbons (Fsp3) is 0.400. The molecule has 3 aromatic rings. The normalized spacial score (nSPS) is 15.4. The number of thiophene rings is 1. The van der Waals surface area contributed by atoms with E-state index in [4.69, 9.17) is 0 Å². The highest BCUT2D eigenvalue weighted by Gasteiger charge is 2.34. The van der Waals surface area contributed by atoms with Gasteiger partial charge < -0.3 is 5.32 Å². The minimum atomic E-state index is -4.46. The van der Waals surface area contributed by atoms with E-state index >= 15 is 0 Å². The smallest absolute Gasteiger partial charge is 0.380 e. The third-order valence-corrected chi connectivity index (χ3v) is 7.33. The number of halogens is 3. The fourth-order valence-corrected chi connectivity index (χ4v) is 5.48. The van der Waals surface area contributed by atoms with E-state index in [1.54, 1.807) is 11.3 Å². The van der Waals surface area contributed by atoms with Gasteiger partial charge in [0.2, 0.25) is 0 Å². The van der Waals surface area contributed by atoms with E-state index in [1.165, 1.54) is 39.8 Å². The molecule has 0 radical (unpaired) electrons. The monoisotopic (exact) mass is 459 g/mol. The van der Waals surface area contributed by atoms with Gasteiger partial charge in [-0.25, -0.2) is 0 Å². The van der Waals surface area contributed by atoms with Crippen molar-refractivity contribution in [3.05, 3.63) is 64.3 Å². The number of dihydropyridines is 1. The highest BCUT2D eigenvalue weighted by Crippen LogP contribution is 2.40. The molecule has 32 heavy (non-hydrogen) atoms. The molecule has 1 aromatic carbocycles. The van der Waals surface area contributed by atoms with Crippen molar-refractivity contribution in [2.24, 2.45) is 5.92 Å². The third-order valence-electron chi connectivity index (χ3n) is 6.07. The minimum Gasteiger partial charge on any atom is -0.380 e. The molecule has 170 valence electrons. The summed E-state index contributed by atoms with van der Waals surface area (Å²) in [6, 6.07) is 9.54. The Kier molecular flexibility index (Phi) is 6.74. The van der Waals surface area contributed by atoms with E-state index in [0.29, 0.717) is 23.9 Å². The molecule has 7 heteroatoms. The van der Waals surface area contributed by atoms with Gasteiger partial charge in [-0.2, -0.15) is 18.3 Å². The number of unbranched alkanes of at least 4 members (excludes halogenated alkanes) is 1. The minimum absolute atomic E-state index is 0.347. The lowest BCUT2D eigenvalue weighted by Gasteiger charge is -2.18. The van der Waals surface area contributed by atoms with Crippen molar-refractivity contribution in [3.8, 4) is 0 Å². The van der Waals surface area contributed by atoms with E-state index < -0.39 is 11.9 Å². The first kappa shape index (κ1) is 22.6. The van der Waals surface area contributed by atoms with Crippen molar-refractivity contribution in [2.45, 2.75) is 52.1 Å². The van der Waals surface area contributed by atoms with Gasteiger partial charge in [-0.1, -0.05) is 63.8 Å². The summed E-state index contributed by atoms with van der Waals surface area (Å²) in [5, 5.41) is 10.5. The predicted molar refractivity (Wildman–Crippen MR) is 126 cm³/mol. The molecule has 2 aromatic heterocycles.